The molecule has 2 aliphatic rings. The van der Waals surface area contributed by atoms with Gasteiger partial charge >= 0.3 is 0 Å². The third-order valence-electron chi connectivity index (χ3n) is 4.11. The quantitative estimate of drug-likeness (QED) is 0.866. The highest BCUT2D eigenvalue weighted by Crippen LogP contribution is 2.33. The van der Waals surface area contributed by atoms with Gasteiger partial charge < -0.3 is 10.2 Å². The summed E-state index contributed by atoms with van der Waals surface area (Å²) in [4.78, 5) is 11.4. The zero-order valence-corrected chi connectivity index (χ0v) is 10.9. The third-order valence-corrected chi connectivity index (χ3v) is 4.11. The van der Waals surface area contributed by atoms with E-state index in [0.717, 1.165) is 32.1 Å². The van der Waals surface area contributed by atoms with Crippen molar-refractivity contribution in [3.05, 3.63) is 18.0 Å². The lowest BCUT2D eigenvalue weighted by Gasteiger charge is -2.20. The maximum absolute atomic E-state index is 4.58. The second-order valence-corrected chi connectivity index (χ2v) is 5.39. The smallest absolute Gasteiger partial charge is 0.225 e. The van der Waals surface area contributed by atoms with Crippen LogP contribution in [-0.4, -0.2) is 36.1 Å². The Morgan fingerprint density at radius 2 is 1.78 bits per heavy atom. The van der Waals surface area contributed by atoms with Crippen molar-refractivity contribution in [2.75, 3.05) is 31.1 Å². The molecule has 4 nitrogen and oxygen atoms in total. The summed E-state index contributed by atoms with van der Waals surface area (Å²) in [6.07, 6.45) is 10.6. The van der Waals surface area contributed by atoms with Crippen molar-refractivity contribution in [3.63, 3.8) is 0 Å². The first kappa shape index (κ1) is 11.9. The zero-order chi connectivity index (χ0) is 12.2. The fraction of sp³-hybridized carbons (Fsp3) is 0.714. The lowest BCUT2D eigenvalue weighted by Crippen LogP contribution is -2.29. The molecule has 0 unspecified atom stereocenters. The molecule has 2 fully saturated rings. The van der Waals surface area contributed by atoms with Crippen LogP contribution in [0.1, 0.15) is 43.6 Å². The molecule has 1 aromatic heterocycles. The molecule has 1 N–H and O–H groups in total. The van der Waals surface area contributed by atoms with Crippen LogP contribution < -0.4 is 10.2 Å². The minimum atomic E-state index is 0.713. The first-order valence-corrected chi connectivity index (χ1v) is 7.21. The van der Waals surface area contributed by atoms with Crippen LogP contribution in [0, 0.1) is 0 Å². The van der Waals surface area contributed by atoms with Crippen molar-refractivity contribution in [2.45, 2.75) is 38.0 Å². The van der Waals surface area contributed by atoms with Crippen LogP contribution in [0.3, 0.4) is 0 Å². The summed E-state index contributed by atoms with van der Waals surface area (Å²) in [6.45, 7) is 4.23. The van der Waals surface area contributed by atoms with Crippen LogP contribution in [0.25, 0.3) is 0 Å². The molecule has 4 heteroatoms. The molecule has 2 heterocycles. The van der Waals surface area contributed by atoms with E-state index in [0.29, 0.717) is 5.92 Å². The van der Waals surface area contributed by atoms with E-state index in [1.54, 1.807) is 0 Å². The maximum Gasteiger partial charge on any atom is 0.225 e. The van der Waals surface area contributed by atoms with Crippen LogP contribution in [0.15, 0.2) is 12.4 Å². The molecule has 0 atom stereocenters. The first-order chi connectivity index (χ1) is 8.93. The van der Waals surface area contributed by atoms with Gasteiger partial charge in [-0.05, 0) is 37.3 Å². The molecule has 1 aliphatic heterocycles. The molecular weight excluding hydrogens is 224 g/mol. The third kappa shape index (κ3) is 2.64. The molecule has 98 valence electrons. The van der Waals surface area contributed by atoms with Crippen molar-refractivity contribution in [3.8, 4) is 0 Å². The van der Waals surface area contributed by atoms with E-state index in [1.807, 2.05) is 0 Å². The summed E-state index contributed by atoms with van der Waals surface area (Å²) in [6, 6.07) is 0. The predicted octanol–water partition coefficient (Wildman–Crippen LogP) is 1.93. The number of rotatable bonds is 2. The zero-order valence-electron chi connectivity index (χ0n) is 10.9. The SMILES string of the molecule is c1nc(N2CCCNCC2)ncc1C1CCCC1. The Hall–Kier alpha value is -1.16. The van der Waals surface area contributed by atoms with Crippen LogP contribution in [0.2, 0.25) is 0 Å². The molecule has 0 aromatic carbocycles. The van der Waals surface area contributed by atoms with Gasteiger partial charge in [0.1, 0.15) is 0 Å². The van der Waals surface area contributed by atoms with Crippen molar-refractivity contribution >= 4 is 5.95 Å². The average molecular weight is 246 g/mol. The van der Waals surface area contributed by atoms with Gasteiger partial charge in [-0.3, -0.25) is 0 Å². The van der Waals surface area contributed by atoms with E-state index in [1.165, 1.54) is 37.7 Å². The minimum absolute atomic E-state index is 0.713. The lowest BCUT2D eigenvalue weighted by atomic mass is 10.0. The van der Waals surface area contributed by atoms with E-state index >= 15 is 0 Å². The van der Waals surface area contributed by atoms with E-state index in [-0.39, 0.29) is 0 Å². The van der Waals surface area contributed by atoms with Crippen molar-refractivity contribution in [2.24, 2.45) is 0 Å². The van der Waals surface area contributed by atoms with E-state index < -0.39 is 0 Å². The normalized spacial score (nSPS) is 22.1. The number of anilines is 1. The topological polar surface area (TPSA) is 41.1 Å². The fourth-order valence-corrected chi connectivity index (χ4v) is 3.01. The molecule has 18 heavy (non-hydrogen) atoms. The Morgan fingerprint density at radius 3 is 2.56 bits per heavy atom. The predicted molar refractivity (Wildman–Crippen MR) is 72.9 cm³/mol. The van der Waals surface area contributed by atoms with Gasteiger partial charge in [-0.25, -0.2) is 9.97 Å². The summed E-state index contributed by atoms with van der Waals surface area (Å²) < 4.78 is 0. The summed E-state index contributed by atoms with van der Waals surface area (Å²) in [5.74, 6) is 1.62. The van der Waals surface area contributed by atoms with Crippen LogP contribution >= 0.6 is 0 Å². The molecule has 1 saturated heterocycles. The van der Waals surface area contributed by atoms with E-state index in [9.17, 15) is 0 Å². The summed E-state index contributed by atoms with van der Waals surface area (Å²) in [5.41, 5.74) is 1.34. The summed E-state index contributed by atoms with van der Waals surface area (Å²) in [7, 11) is 0. The molecule has 0 amide bonds. The van der Waals surface area contributed by atoms with E-state index in [2.05, 4.69) is 32.6 Å². The van der Waals surface area contributed by atoms with Crippen LogP contribution in [0.5, 0.6) is 0 Å². The molecule has 3 rings (SSSR count). The Labute approximate surface area is 109 Å². The molecule has 1 aliphatic carbocycles. The number of hydrogen-bond donors (Lipinski definition) is 1. The molecule has 1 saturated carbocycles. The number of aromatic nitrogens is 2. The molecule has 0 bridgehead atoms. The van der Waals surface area contributed by atoms with Gasteiger partial charge in [-0.15, -0.1) is 0 Å². The number of nitrogens with one attached hydrogen (secondary N) is 1. The highest BCUT2D eigenvalue weighted by molar-refractivity contribution is 5.31. The van der Waals surface area contributed by atoms with Gasteiger partial charge in [0, 0.05) is 32.0 Å². The van der Waals surface area contributed by atoms with Gasteiger partial charge in [-0.2, -0.15) is 0 Å². The van der Waals surface area contributed by atoms with Crippen molar-refractivity contribution < 1.29 is 0 Å². The Balaban J connectivity index is 1.69. The standard InChI is InChI=1S/C14H22N4/c1-2-5-12(4-1)13-10-16-14(17-11-13)18-8-3-6-15-7-9-18/h10-12,15H,1-9H2. The molecule has 0 radical (unpaired) electrons. The monoisotopic (exact) mass is 246 g/mol. The van der Waals surface area contributed by atoms with Crippen LogP contribution in [-0.2, 0) is 0 Å². The molecular formula is C14H22N4. The van der Waals surface area contributed by atoms with Crippen molar-refractivity contribution in [1.82, 2.24) is 15.3 Å². The molecule has 0 spiro atoms. The first-order valence-electron chi connectivity index (χ1n) is 7.21. The summed E-state index contributed by atoms with van der Waals surface area (Å²) in [5, 5.41) is 3.41. The highest BCUT2D eigenvalue weighted by atomic mass is 15.3. The van der Waals surface area contributed by atoms with Gasteiger partial charge in [0.2, 0.25) is 5.95 Å². The highest BCUT2D eigenvalue weighted by Gasteiger charge is 2.18. The second kappa shape index (κ2) is 5.65. The van der Waals surface area contributed by atoms with Gasteiger partial charge in [0.05, 0.1) is 0 Å². The molecule has 1 aromatic rings. The maximum atomic E-state index is 4.58. The average Bonchev–Trinajstić information content (AvgIpc) is 2.82. The van der Waals surface area contributed by atoms with Gasteiger partial charge in [0.15, 0.2) is 0 Å². The Morgan fingerprint density at radius 1 is 1.00 bits per heavy atom. The Kier molecular flexibility index (Phi) is 3.74. The summed E-state index contributed by atoms with van der Waals surface area (Å²) >= 11 is 0. The number of hydrogen-bond acceptors (Lipinski definition) is 4. The van der Waals surface area contributed by atoms with Crippen molar-refractivity contribution in [1.29, 1.82) is 0 Å². The minimum Gasteiger partial charge on any atom is -0.340 e. The lowest BCUT2D eigenvalue weighted by molar-refractivity contribution is 0.708. The van der Waals surface area contributed by atoms with E-state index in [4.69, 9.17) is 0 Å². The Bertz CT molecular complexity index is 362. The number of nitrogens with zero attached hydrogens (tertiary/aromatic N) is 3. The fourth-order valence-electron chi connectivity index (χ4n) is 3.01. The largest absolute Gasteiger partial charge is 0.340 e. The van der Waals surface area contributed by atoms with Gasteiger partial charge in [-0.1, -0.05) is 12.8 Å². The van der Waals surface area contributed by atoms with Crippen LogP contribution in [0.4, 0.5) is 5.95 Å². The van der Waals surface area contributed by atoms with Gasteiger partial charge in [0.25, 0.3) is 0 Å². The second-order valence-electron chi connectivity index (χ2n) is 5.39.